The van der Waals surface area contributed by atoms with Crippen LogP contribution in [-0.2, 0) is 4.79 Å². The summed E-state index contributed by atoms with van der Waals surface area (Å²) in [6.07, 6.45) is 0.816. The number of halogens is 2. The first-order chi connectivity index (χ1) is 13.5. The number of hydrogen-bond acceptors (Lipinski definition) is 5. The van der Waals surface area contributed by atoms with E-state index >= 15 is 0 Å². The molecule has 0 N–H and O–H groups in total. The number of carbonyl (C=O) groups excluding carboxylic acids is 1. The first-order valence-corrected chi connectivity index (χ1v) is 10.7. The second kappa shape index (κ2) is 9.43. The van der Waals surface area contributed by atoms with Crippen molar-refractivity contribution in [2.75, 3.05) is 18.6 Å². The van der Waals surface area contributed by atoms with E-state index < -0.39 is 11.6 Å². The molecule has 1 saturated heterocycles. The maximum Gasteiger partial charge on any atom is 0.239 e. The van der Waals surface area contributed by atoms with E-state index in [-0.39, 0.29) is 17.7 Å². The molecule has 0 spiro atoms. The zero-order chi connectivity index (χ0) is 20.1. The fourth-order valence-corrected chi connectivity index (χ4v) is 4.78. The smallest absolute Gasteiger partial charge is 0.239 e. The molecule has 0 radical (unpaired) electrons. The van der Waals surface area contributed by atoms with Gasteiger partial charge in [-0.25, -0.2) is 13.8 Å². The van der Waals surface area contributed by atoms with Crippen molar-refractivity contribution < 1.29 is 18.3 Å². The number of hydrogen-bond donors (Lipinski definition) is 0. The fraction of sp³-hybridized carbons (Fsp3) is 0.300. The highest BCUT2D eigenvalue weighted by molar-refractivity contribution is 8.14. The van der Waals surface area contributed by atoms with E-state index in [1.54, 1.807) is 23.8 Å². The Morgan fingerprint density at radius 3 is 2.64 bits per heavy atom. The lowest BCUT2D eigenvalue weighted by molar-refractivity contribution is -0.125. The monoisotopic (exact) mass is 422 g/mol. The van der Waals surface area contributed by atoms with Gasteiger partial charge in [0.1, 0.15) is 5.75 Å². The lowest BCUT2D eigenvalue weighted by atomic mass is 10.2. The van der Waals surface area contributed by atoms with Crippen LogP contribution < -0.4 is 4.74 Å². The lowest BCUT2D eigenvalue weighted by Gasteiger charge is -2.23. The van der Waals surface area contributed by atoms with Gasteiger partial charge in [-0.1, -0.05) is 18.7 Å². The summed E-state index contributed by atoms with van der Waals surface area (Å²) >= 11 is 2.73. The third-order valence-corrected chi connectivity index (χ3v) is 6.34. The highest BCUT2D eigenvalue weighted by Gasteiger charge is 2.33. The van der Waals surface area contributed by atoms with Crippen LogP contribution in [0.15, 0.2) is 52.4 Å². The van der Waals surface area contributed by atoms with Gasteiger partial charge >= 0.3 is 0 Å². The summed E-state index contributed by atoms with van der Waals surface area (Å²) in [5.74, 6) is -0.255. The Morgan fingerprint density at radius 2 is 2.00 bits per heavy atom. The van der Waals surface area contributed by atoms with Crippen LogP contribution in [-0.4, -0.2) is 40.6 Å². The Hall–Kier alpha value is -2.06. The molecule has 4 nitrogen and oxygen atoms in total. The average Bonchev–Trinajstić information content (AvgIpc) is 3.12. The molecule has 3 rings (SSSR count). The molecule has 1 heterocycles. The van der Waals surface area contributed by atoms with Crippen molar-refractivity contribution in [3.05, 3.63) is 54.1 Å². The Kier molecular flexibility index (Phi) is 6.96. The van der Waals surface area contributed by atoms with Gasteiger partial charge in [0.2, 0.25) is 5.91 Å². The Morgan fingerprint density at radius 1 is 1.25 bits per heavy atom. The third-order valence-electron chi connectivity index (χ3n) is 4.27. The second-order valence-corrected chi connectivity index (χ2v) is 8.13. The Balaban J connectivity index is 1.74. The van der Waals surface area contributed by atoms with Crippen molar-refractivity contribution in [1.29, 1.82) is 0 Å². The number of methoxy groups -OCH3 is 1. The van der Waals surface area contributed by atoms with E-state index in [1.165, 1.54) is 17.8 Å². The molecular formula is C20H20F2N2O2S2. The normalized spacial score (nSPS) is 17.9. The van der Waals surface area contributed by atoms with E-state index in [9.17, 15) is 13.6 Å². The van der Waals surface area contributed by atoms with Gasteiger partial charge in [-0.2, -0.15) is 0 Å². The molecule has 1 fully saturated rings. The molecule has 1 atom stereocenters. The molecule has 1 amide bonds. The van der Waals surface area contributed by atoms with Gasteiger partial charge in [0, 0.05) is 16.7 Å². The molecule has 0 aliphatic carbocycles. The number of ether oxygens (including phenoxy) is 1. The number of benzene rings is 2. The number of amidine groups is 1. The molecule has 8 heteroatoms. The molecule has 0 saturated carbocycles. The van der Waals surface area contributed by atoms with Crippen LogP contribution in [0.2, 0.25) is 0 Å². The zero-order valence-electron chi connectivity index (χ0n) is 15.5. The van der Waals surface area contributed by atoms with Crippen molar-refractivity contribution in [1.82, 2.24) is 4.90 Å². The van der Waals surface area contributed by atoms with E-state index in [1.807, 2.05) is 31.2 Å². The van der Waals surface area contributed by atoms with E-state index in [4.69, 9.17) is 4.74 Å². The molecule has 2 aromatic carbocycles. The molecule has 1 aliphatic rings. The van der Waals surface area contributed by atoms with Crippen molar-refractivity contribution in [3.63, 3.8) is 0 Å². The van der Waals surface area contributed by atoms with Gasteiger partial charge in [-0.05, 0) is 48.9 Å². The summed E-state index contributed by atoms with van der Waals surface area (Å²) in [6.45, 7) is 2.03. The van der Waals surface area contributed by atoms with Gasteiger partial charge in [0.25, 0.3) is 0 Å². The first kappa shape index (κ1) is 20.7. The van der Waals surface area contributed by atoms with Crippen LogP contribution in [0.1, 0.15) is 13.3 Å². The van der Waals surface area contributed by atoms with E-state index in [0.29, 0.717) is 10.1 Å². The van der Waals surface area contributed by atoms with E-state index in [0.717, 1.165) is 35.7 Å². The van der Waals surface area contributed by atoms with Crippen molar-refractivity contribution in [3.8, 4) is 5.75 Å². The zero-order valence-corrected chi connectivity index (χ0v) is 17.2. The van der Waals surface area contributed by atoms with Crippen LogP contribution in [0.4, 0.5) is 14.5 Å². The van der Waals surface area contributed by atoms with Gasteiger partial charge in [-0.15, -0.1) is 11.8 Å². The number of nitrogens with zero attached hydrogens (tertiary/aromatic N) is 2. The molecule has 28 heavy (non-hydrogen) atoms. The highest BCUT2D eigenvalue weighted by Crippen LogP contribution is 2.31. The summed E-state index contributed by atoms with van der Waals surface area (Å²) in [5, 5.41) is 0.660. The summed E-state index contributed by atoms with van der Waals surface area (Å²) in [5.41, 5.74) is 0.742. The largest absolute Gasteiger partial charge is 0.497 e. The van der Waals surface area contributed by atoms with Crippen molar-refractivity contribution in [2.45, 2.75) is 24.3 Å². The first-order valence-electron chi connectivity index (χ1n) is 8.77. The number of rotatable bonds is 6. The molecule has 148 valence electrons. The molecule has 0 aromatic heterocycles. The maximum atomic E-state index is 13.4. The number of carbonyl (C=O) groups is 1. The highest BCUT2D eigenvalue weighted by atomic mass is 32.2. The Bertz CT molecular complexity index is 875. The fourth-order valence-electron chi connectivity index (χ4n) is 2.72. The number of amides is 1. The SMILES string of the molecule is CCC1CSC(=Nc2ccc(OC)cc2)N1C(=O)CSc1ccc(F)c(F)c1. The van der Waals surface area contributed by atoms with Gasteiger partial charge in [0.15, 0.2) is 16.8 Å². The minimum absolute atomic E-state index is 0.0695. The minimum Gasteiger partial charge on any atom is -0.497 e. The average molecular weight is 423 g/mol. The second-order valence-electron chi connectivity index (χ2n) is 6.09. The predicted molar refractivity (Wildman–Crippen MR) is 111 cm³/mol. The van der Waals surface area contributed by atoms with Crippen molar-refractivity contribution >= 4 is 40.3 Å². The Labute approximate surface area is 171 Å². The molecule has 1 aliphatic heterocycles. The van der Waals surface area contributed by atoms with Crippen LogP contribution in [0, 0.1) is 11.6 Å². The minimum atomic E-state index is -0.914. The van der Waals surface area contributed by atoms with E-state index in [2.05, 4.69) is 4.99 Å². The van der Waals surface area contributed by atoms with Crippen molar-refractivity contribution in [2.24, 2.45) is 4.99 Å². The number of thioether (sulfide) groups is 2. The topological polar surface area (TPSA) is 41.9 Å². The quantitative estimate of drug-likeness (QED) is 0.607. The molecule has 1 unspecified atom stereocenters. The van der Waals surface area contributed by atoms with Gasteiger partial charge < -0.3 is 4.74 Å². The van der Waals surface area contributed by atoms with Crippen LogP contribution in [0.25, 0.3) is 0 Å². The summed E-state index contributed by atoms with van der Waals surface area (Å²) < 4.78 is 31.6. The molecule has 0 bridgehead atoms. The van der Waals surface area contributed by atoms with Crippen LogP contribution in [0.3, 0.4) is 0 Å². The van der Waals surface area contributed by atoms with Crippen LogP contribution >= 0.6 is 23.5 Å². The van der Waals surface area contributed by atoms with Gasteiger partial charge in [-0.3, -0.25) is 9.69 Å². The summed E-state index contributed by atoms with van der Waals surface area (Å²) in [6, 6.07) is 11.0. The van der Waals surface area contributed by atoms with Gasteiger partial charge in [0.05, 0.1) is 18.6 Å². The molecule has 2 aromatic rings. The lowest BCUT2D eigenvalue weighted by Crippen LogP contribution is -2.40. The standard InChI is InChI=1S/C20H20F2N2O2S2/c1-3-14-11-28-20(23-13-4-6-15(26-2)7-5-13)24(14)19(25)12-27-16-8-9-17(21)18(22)10-16/h4-10,14H,3,11-12H2,1-2H3. The predicted octanol–water partition coefficient (Wildman–Crippen LogP) is 5.11. The van der Waals surface area contributed by atoms with Crippen LogP contribution in [0.5, 0.6) is 5.75 Å². The molecular weight excluding hydrogens is 402 g/mol. The number of aliphatic imine (C=N–C) groups is 1. The third kappa shape index (κ3) is 4.86. The summed E-state index contributed by atoms with van der Waals surface area (Å²) in [4.78, 5) is 19.7. The summed E-state index contributed by atoms with van der Waals surface area (Å²) in [7, 11) is 1.60. The maximum absolute atomic E-state index is 13.4.